The van der Waals surface area contributed by atoms with Crippen LogP contribution in [0.2, 0.25) is 0 Å². The highest BCUT2D eigenvalue weighted by atomic mass is 32.2. The summed E-state index contributed by atoms with van der Waals surface area (Å²) in [5.74, 6) is 0.117. The Balaban J connectivity index is 2.61. The zero-order valence-corrected chi connectivity index (χ0v) is 10.3. The Morgan fingerprint density at radius 2 is 1.87 bits per heavy atom. The van der Waals surface area contributed by atoms with E-state index in [4.69, 9.17) is 5.11 Å². The standard InChI is InChI=1S/C10H21NO3S/c1-8(2)10(7-12)11-15(13,14)9-5-3-4-6-9/h8-12H,3-7H2,1-2H3/t10-/m1/s1. The Kier molecular flexibility index (Phi) is 4.55. The Morgan fingerprint density at radius 3 is 2.27 bits per heavy atom. The number of rotatable bonds is 5. The second kappa shape index (κ2) is 5.27. The molecular weight excluding hydrogens is 214 g/mol. The predicted octanol–water partition coefficient (Wildman–Crippen LogP) is 0.865. The number of hydrogen-bond acceptors (Lipinski definition) is 3. The highest BCUT2D eigenvalue weighted by Gasteiger charge is 2.31. The lowest BCUT2D eigenvalue weighted by Gasteiger charge is -2.22. The maximum absolute atomic E-state index is 11.9. The first-order valence-electron chi connectivity index (χ1n) is 5.59. The first-order valence-corrected chi connectivity index (χ1v) is 7.14. The highest BCUT2D eigenvalue weighted by molar-refractivity contribution is 7.90. The Labute approximate surface area is 92.1 Å². The summed E-state index contributed by atoms with van der Waals surface area (Å²) >= 11 is 0. The van der Waals surface area contributed by atoms with E-state index < -0.39 is 10.0 Å². The monoisotopic (exact) mass is 235 g/mol. The lowest BCUT2D eigenvalue weighted by atomic mass is 10.1. The van der Waals surface area contributed by atoms with Crippen molar-refractivity contribution in [2.75, 3.05) is 6.61 Å². The average molecular weight is 235 g/mol. The molecule has 1 atom stereocenters. The van der Waals surface area contributed by atoms with Crippen LogP contribution in [0, 0.1) is 5.92 Å². The zero-order chi connectivity index (χ0) is 11.5. The smallest absolute Gasteiger partial charge is 0.214 e. The number of aliphatic hydroxyl groups excluding tert-OH is 1. The summed E-state index contributed by atoms with van der Waals surface area (Å²) < 4.78 is 26.4. The van der Waals surface area contributed by atoms with Crippen molar-refractivity contribution in [3.63, 3.8) is 0 Å². The van der Waals surface area contributed by atoms with Crippen molar-refractivity contribution in [3.05, 3.63) is 0 Å². The molecule has 0 amide bonds. The predicted molar refractivity (Wildman–Crippen MR) is 60.0 cm³/mol. The van der Waals surface area contributed by atoms with E-state index in [0.29, 0.717) is 0 Å². The quantitative estimate of drug-likeness (QED) is 0.743. The van der Waals surface area contributed by atoms with Crippen LogP contribution < -0.4 is 4.72 Å². The van der Waals surface area contributed by atoms with Crippen LogP contribution in [0.4, 0.5) is 0 Å². The van der Waals surface area contributed by atoms with Gasteiger partial charge < -0.3 is 5.11 Å². The molecule has 1 aliphatic carbocycles. The van der Waals surface area contributed by atoms with Gasteiger partial charge in [-0.25, -0.2) is 13.1 Å². The van der Waals surface area contributed by atoms with Crippen molar-refractivity contribution in [2.24, 2.45) is 5.92 Å². The van der Waals surface area contributed by atoms with Gasteiger partial charge in [0.25, 0.3) is 0 Å². The van der Waals surface area contributed by atoms with Gasteiger partial charge in [0.2, 0.25) is 10.0 Å². The van der Waals surface area contributed by atoms with Gasteiger partial charge in [0.1, 0.15) is 0 Å². The molecule has 1 fully saturated rings. The molecule has 90 valence electrons. The third-order valence-electron chi connectivity index (χ3n) is 3.06. The molecule has 1 saturated carbocycles. The third kappa shape index (κ3) is 3.43. The summed E-state index contributed by atoms with van der Waals surface area (Å²) in [5, 5.41) is 8.83. The van der Waals surface area contributed by atoms with Gasteiger partial charge in [-0.2, -0.15) is 0 Å². The van der Waals surface area contributed by atoms with E-state index in [0.717, 1.165) is 25.7 Å². The number of nitrogens with one attached hydrogen (secondary N) is 1. The molecule has 0 spiro atoms. The molecule has 0 aliphatic heterocycles. The second-order valence-corrected chi connectivity index (χ2v) is 6.59. The summed E-state index contributed by atoms with van der Waals surface area (Å²) in [4.78, 5) is 0. The maximum Gasteiger partial charge on any atom is 0.214 e. The summed E-state index contributed by atoms with van der Waals surface area (Å²) in [6.07, 6.45) is 3.51. The van der Waals surface area contributed by atoms with Gasteiger partial charge in [-0.05, 0) is 18.8 Å². The highest BCUT2D eigenvalue weighted by Crippen LogP contribution is 2.24. The van der Waals surface area contributed by atoms with Gasteiger partial charge in [-0.3, -0.25) is 0 Å². The Morgan fingerprint density at radius 1 is 1.33 bits per heavy atom. The van der Waals surface area contributed by atoms with E-state index in [2.05, 4.69) is 4.72 Å². The van der Waals surface area contributed by atoms with Crippen LogP contribution in [-0.2, 0) is 10.0 Å². The third-order valence-corrected chi connectivity index (χ3v) is 5.04. The molecule has 0 saturated heterocycles. The van der Waals surface area contributed by atoms with Crippen LogP contribution in [0.3, 0.4) is 0 Å². The summed E-state index contributed by atoms with van der Waals surface area (Å²) in [6, 6.07) is -0.351. The van der Waals surface area contributed by atoms with Crippen molar-refractivity contribution < 1.29 is 13.5 Å². The van der Waals surface area contributed by atoms with Crippen LogP contribution in [0.5, 0.6) is 0 Å². The fourth-order valence-corrected chi connectivity index (χ4v) is 3.81. The zero-order valence-electron chi connectivity index (χ0n) is 9.44. The van der Waals surface area contributed by atoms with Gasteiger partial charge in [0.05, 0.1) is 11.9 Å². The molecular formula is C10H21NO3S. The van der Waals surface area contributed by atoms with Crippen LogP contribution in [-0.4, -0.2) is 31.4 Å². The van der Waals surface area contributed by atoms with E-state index in [9.17, 15) is 8.42 Å². The van der Waals surface area contributed by atoms with Crippen molar-refractivity contribution >= 4 is 10.0 Å². The fourth-order valence-electron chi connectivity index (χ4n) is 1.89. The summed E-state index contributed by atoms with van der Waals surface area (Å²) in [7, 11) is -3.23. The van der Waals surface area contributed by atoms with Crippen LogP contribution in [0.25, 0.3) is 0 Å². The molecule has 5 heteroatoms. The molecule has 1 rings (SSSR count). The van der Waals surface area contributed by atoms with E-state index in [1.807, 2.05) is 13.8 Å². The lowest BCUT2D eigenvalue weighted by molar-refractivity contribution is 0.227. The van der Waals surface area contributed by atoms with E-state index in [1.54, 1.807) is 0 Å². The molecule has 1 aliphatic rings. The molecule has 0 unspecified atom stereocenters. The van der Waals surface area contributed by atoms with Crippen LogP contribution in [0.1, 0.15) is 39.5 Å². The molecule has 0 aromatic heterocycles. The molecule has 2 N–H and O–H groups in total. The van der Waals surface area contributed by atoms with Gasteiger partial charge in [-0.15, -0.1) is 0 Å². The van der Waals surface area contributed by atoms with Gasteiger partial charge in [0.15, 0.2) is 0 Å². The molecule has 0 heterocycles. The maximum atomic E-state index is 11.9. The molecule has 0 aromatic carbocycles. The number of sulfonamides is 1. The largest absolute Gasteiger partial charge is 0.395 e. The van der Waals surface area contributed by atoms with E-state index in [1.165, 1.54) is 0 Å². The van der Waals surface area contributed by atoms with Crippen LogP contribution >= 0.6 is 0 Å². The molecule has 15 heavy (non-hydrogen) atoms. The van der Waals surface area contributed by atoms with Gasteiger partial charge in [-0.1, -0.05) is 26.7 Å². The van der Waals surface area contributed by atoms with Crippen molar-refractivity contribution in [1.82, 2.24) is 4.72 Å². The summed E-state index contributed by atoms with van der Waals surface area (Å²) in [6.45, 7) is 3.67. The van der Waals surface area contributed by atoms with Crippen molar-refractivity contribution in [3.8, 4) is 0 Å². The normalized spacial score (nSPS) is 21.1. The van der Waals surface area contributed by atoms with Gasteiger partial charge >= 0.3 is 0 Å². The Hall–Kier alpha value is -0.130. The summed E-state index contributed by atoms with van der Waals surface area (Å²) in [5.41, 5.74) is 0. The van der Waals surface area contributed by atoms with Crippen molar-refractivity contribution in [2.45, 2.75) is 50.8 Å². The first kappa shape index (κ1) is 12.9. The van der Waals surface area contributed by atoms with E-state index in [-0.39, 0.29) is 23.8 Å². The topological polar surface area (TPSA) is 66.4 Å². The minimum absolute atomic E-state index is 0.117. The fraction of sp³-hybridized carbons (Fsp3) is 1.00. The molecule has 0 radical (unpaired) electrons. The molecule has 0 aromatic rings. The first-order chi connectivity index (χ1) is 6.97. The second-order valence-electron chi connectivity index (χ2n) is 4.60. The number of aliphatic hydroxyl groups is 1. The average Bonchev–Trinajstić information content (AvgIpc) is 2.67. The van der Waals surface area contributed by atoms with Crippen LogP contribution in [0.15, 0.2) is 0 Å². The Bertz CT molecular complexity index is 281. The molecule has 0 bridgehead atoms. The van der Waals surface area contributed by atoms with Crippen molar-refractivity contribution in [1.29, 1.82) is 0 Å². The lowest BCUT2D eigenvalue weighted by Crippen LogP contribution is -2.44. The molecule has 4 nitrogen and oxygen atoms in total. The van der Waals surface area contributed by atoms with E-state index >= 15 is 0 Å². The SMILES string of the molecule is CC(C)[C@@H](CO)NS(=O)(=O)C1CCCC1. The number of hydrogen-bond donors (Lipinski definition) is 2. The van der Waals surface area contributed by atoms with Gasteiger partial charge in [0, 0.05) is 6.04 Å². The minimum atomic E-state index is -3.23. The minimum Gasteiger partial charge on any atom is -0.395 e.